The molecule has 0 bridgehead atoms. The van der Waals surface area contributed by atoms with Crippen molar-refractivity contribution in [1.82, 2.24) is 4.98 Å². The summed E-state index contributed by atoms with van der Waals surface area (Å²) in [6, 6.07) is 7.76. The number of primary amides is 1. The molecule has 0 radical (unpaired) electrons. The Labute approximate surface area is 128 Å². The number of hydrogen-bond acceptors (Lipinski definition) is 3. The number of pyridine rings is 1. The van der Waals surface area contributed by atoms with Crippen LogP contribution in [0.4, 0.5) is 5.69 Å². The van der Waals surface area contributed by atoms with Crippen LogP contribution in [0, 0.1) is 5.92 Å². The van der Waals surface area contributed by atoms with Gasteiger partial charge in [-0.1, -0.05) is 11.6 Å². The van der Waals surface area contributed by atoms with Crippen molar-refractivity contribution in [3.05, 3.63) is 35.5 Å². The number of nitrogens with zero attached hydrogens (tertiary/aromatic N) is 2. The Bertz CT molecular complexity index is 674. The molecule has 0 spiro atoms. The molecule has 1 amide bonds. The largest absolute Gasteiger partial charge is 0.371 e. The van der Waals surface area contributed by atoms with Gasteiger partial charge in [0.25, 0.3) is 0 Å². The molecule has 5 heteroatoms. The lowest BCUT2D eigenvalue weighted by molar-refractivity contribution is -0.118. The van der Waals surface area contributed by atoms with E-state index in [0.29, 0.717) is 17.4 Å². The standard InChI is InChI=1S/C16H18ClN3O/c17-12-3-4-14-13(9-12)15(5-6-19-14)20-7-1-2-11(10-20)8-16(18)21/h3-6,9,11H,1-2,7-8,10H2,(H2,18,21). The lowest BCUT2D eigenvalue weighted by Crippen LogP contribution is -2.37. The highest BCUT2D eigenvalue weighted by Gasteiger charge is 2.22. The Kier molecular flexibility index (Phi) is 3.97. The highest BCUT2D eigenvalue weighted by molar-refractivity contribution is 6.31. The van der Waals surface area contributed by atoms with E-state index in [9.17, 15) is 4.79 Å². The lowest BCUT2D eigenvalue weighted by Gasteiger charge is -2.34. The third-order valence-corrected chi connectivity index (χ3v) is 4.27. The van der Waals surface area contributed by atoms with Crippen molar-refractivity contribution >= 4 is 34.1 Å². The van der Waals surface area contributed by atoms with Crippen LogP contribution in [0.1, 0.15) is 19.3 Å². The topological polar surface area (TPSA) is 59.2 Å². The number of nitrogens with two attached hydrogens (primary N) is 1. The van der Waals surface area contributed by atoms with Crippen molar-refractivity contribution < 1.29 is 4.79 Å². The van der Waals surface area contributed by atoms with Gasteiger partial charge in [-0.05, 0) is 43.0 Å². The Morgan fingerprint density at radius 3 is 3.10 bits per heavy atom. The summed E-state index contributed by atoms with van der Waals surface area (Å²) in [5, 5.41) is 1.77. The van der Waals surface area contributed by atoms with E-state index in [4.69, 9.17) is 17.3 Å². The fourth-order valence-electron chi connectivity index (χ4n) is 3.11. The van der Waals surface area contributed by atoms with Crippen LogP contribution in [0.5, 0.6) is 0 Å². The van der Waals surface area contributed by atoms with Crippen LogP contribution < -0.4 is 10.6 Å². The molecule has 2 N–H and O–H groups in total. The first kappa shape index (κ1) is 14.1. The maximum atomic E-state index is 11.1. The maximum absolute atomic E-state index is 11.1. The summed E-state index contributed by atoms with van der Waals surface area (Å²) in [6.07, 6.45) is 4.41. The molecule has 4 nitrogen and oxygen atoms in total. The van der Waals surface area contributed by atoms with Gasteiger partial charge in [0.05, 0.1) is 5.52 Å². The molecule has 1 atom stereocenters. The summed E-state index contributed by atoms with van der Waals surface area (Å²) < 4.78 is 0. The molecule has 1 fully saturated rings. The molecule has 3 rings (SSSR count). The summed E-state index contributed by atoms with van der Waals surface area (Å²) in [5.41, 5.74) is 7.41. The van der Waals surface area contributed by atoms with Crippen LogP contribution in [0.15, 0.2) is 30.5 Å². The zero-order valence-corrected chi connectivity index (χ0v) is 12.5. The molecule has 1 aromatic carbocycles. The normalized spacial score (nSPS) is 18.9. The number of rotatable bonds is 3. The zero-order valence-electron chi connectivity index (χ0n) is 11.8. The fourth-order valence-corrected chi connectivity index (χ4v) is 3.29. The van der Waals surface area contributed by atoms with Gasteiger partial charge in [0.15, 0.2) is 0 Å². The monoisotopic (exact) mass is 303 g/mol. The molecule has 1 aliphatic heterocycles. The fraction of sp³-hybridized carbons (Fsp3) is 0.375. The SMILES string of the molecule is NC(=O)CC1CCCN(c2ccnc3ccc(Cl)cc23)C1. The van der Waals surface area contributed by atoms with Gasteiger partial charge < -0.3 is 10.6 Å². The van der Waals surface area contributed by atoms with Gasteiger partial charge in [-0.25, -0.2) is 0 Å². The molecular formula is C16H18ClN3O. The quantitative estimate of drug-likeness (QED) is 0.948. The van der Waals surface area contributed by atoms with Crippen LogP contribution in [-0.4, -0.2) is 24.0 Å². The molecule has 1 saturated heterocycles. The van der Waals surface area contributed by atoms with Crippen LogP contribution in [-0.2, 0) is 4.79 Å². The van der Waals surface area contributed by atoms with Crippen molar-refractivity contribution in [2.45, 2.75) is 19.3 Å². The van der Waals surface area contributed by atoms with E-state index in [0.717, 1.165) is 42.5 Å². The minimum Gasteiger partial charge on any atom is -0.371 e. The molecule has 2 aromatic rings. The number of hydrogen-bond donors (Lipinski definition) is 1. The van der Waals surface area contributed by atoms with Crippen LogP contribution >= 0.6 is 11.6 Å². The molecular weight excluding hydrogens is 286 g/mol. The Morgan fingerprint density at radius 1 is 1.43 bits per heavy atom. The lowest BCUT2D eigenvalue weighted by atomic mass is 9.94. The number of halogens is 1. The van der Waals surface area contributed by atoms with Gasteiger partial charge >= 0.3 is 0 Å². The van der Waals surface area contributed by atoms with E-state index < -0.39 is 0 Å². The summed E-state index contributed by atoms with van der Waals surface area (Å²) in [6.45, 7) is 1.84. The highest BCUT2D eigenvalue weighted by atomic mass is 35.5. The second kappa shape index (κ2) is 5.90. The van der Waals surface area contributed by atoms with E-state index in [1.165, 1.54) is 0 Å². The maximum Gasteiger partial charge on any atom is 0.217 e. The van der Waals surface area contributed by atoms with Crippen molar-refractivity contribution in [1.29, 1.82) is 0 Å². The van der Waals surface area contributed by atoms with Gasteiger partial charge in [0.2, 0.25) is 5.91 Å². The second-order valence-corrected chi connectivity index (χ2v) is 6.05. The Balaban J connectivity index is 1.92. The third-order valence-electron chi connectivity index (χ3n) is 4.03. The number of piperidine rings is 1. The number of carbonyl (C=O) groups excluding carboxylic acids is 1. The van der Waals surface area contributed by atoms with Crippen LogP contribution in [0.2, 0.25) is 5.02 Å². The van der Waals surface area contributed by atoms with E-state index in [2.05, 4.69) is 9.88 Å². The Morgan fingerprint density at radius 2 is 2.29 bits per heavy atom. The van der Waals surface area contributed by atoms with Crippen molar-refractivity contribution in [3.8, 4) is 0 Å². The number of aromatic nitrogens is 1. The van der Waals surface area contributed by atoms with E-state index in [-0.39, 0.29) is 5.91 Å². The van der Waals surface area contributed by atoms with Crippen molar-refractivity contribution in [2.24, 2.45) is 11.7 Å². The Hall–Kier alpha value is -1.81. The van der Waals surface area contributed by atoms with E-state index >= 15 is 0 Å². The van der Waals surface area contributed by atoms with Gasteiger partial charge in [0.1, 0.15) is 0 Å². The molecule has 0 aliphatic carbocycles. The van der Waals surface area contributed by atoms with Crippen LogP contribution in [0.3, 0.4) is 0 Å². The zero-order chi connectivity index (χ0) is 14.8. The summed E-state index contributed by atoms with van der Waals surface area (Å²) >= 11 is 6.12. The van der Waals surface area contributed by atoms with Gasteiger partial charge in [-0.15, -0.1) is 0 Å². The first-order valence-corrected chi connectivity index (χ1v) is 7.59. The van der Waals surface area contributed by atoms with E-state index in [1.54, 1.807) is 0 Å². The number of anilines is 1. The third kappa shape index (κ3) is 3.10. The van der Waals surface area contributed by atoms with Crippen molar-refractivity contribution in [3.63, 3.8) is 0 Å². The number of amides is 1. The molecule has 21 heavy (non-hydrogen) atoms. The molecule has 1 aliphatic rings. The predicted molar refractivity (Wildman–Crippen MR) is 85.5 cm³/mol. The minimum atomic E-state index is -0.218. The number of fused-ring (bicyclic) bond motifs is 1. The van der Waals surface area contributed by atoms with Gasteiger partial charge in [0, 0.05) is 41.8 Å². The van der Waals surface area contributed by atoms with Crippen molar-refractivity contribution in [2.75, 3.05) is 18.0 Å². The second-order valence-electron chi connectivity index (χ2n) is 5.62. The molecule has 1 unspecified atom stereocenters. The smallest absolute Gasteiger partial charge is 0.217 e. The number of benzene rings is 1. The minimum absolute atomic E-state index is 0.218. The van der Waals surface area contributed by atoms with E-state index in [1.807, 2.05) is 30.5 Å². The molecule has 0 saturated carbocycles. The summed E-state index contributed by atoms with van der Waals surface area (Å²) in [5.74, 6) is 0.114. The molecule has 110 valence electrons. The first-order chi connectivity index (χ1) is 10.1. The summed E-state index contributed by atoms with van der Waals surface area (Å²) in [7, 11) is 0. The van der Waals surface area contributed by atoms with Crippen LogP contribution in [0.25, 0.3) is 10.9 Å². The number of carbonyl (C=O) groups is 1. The average molecular weight is 304 g/mol. The van der Waals surface area contributed by atoms with Gasteiger partial charge in [-0.3, -0.25) is 9.78 Å². The first-order valence-electron chi connectivity index (χ1n) is 7.21. The average Bonchev–Trinajstić information content (AvgIpc) is 2.46. The molecule has 2 heterocycles. The summed E-state index contributed by atoms with van der Waals surface area (Å²) in [4.78, 5) is 17.8. The molecule has 1 aromatic heterocycles. The predicted octanol–water partition coefficient (Wildman–Crippen LogP) is 2.98. The highest BCUT2D eigenvalue weighted by Crippen LogP contribution is 2.31. The van der Waals surface area contributed by atoms with Gasteiger partial charge in [-0.2, -0.15) is 0 Å².